The molecule has 1 aliphatic heterocycles. The number of amides is 2. The molecule has 1 aromatic rings. The lowest BCUT2D eigenvalue weighted by Gasteiger charge is -2.31. The monoisotopic (exact) mass is 268 g/mol. The Balaban J connectivity index is 1.97. The minimum Gasteiger partial charge on any atom is -0.375 e. The lowest BCUT2D eigenvalue weighted by molar-refractivity contribution is 0.151. The molecule has 7 heteroatoms. The molecule has 0 radical (unpaired) electrons. The number of hydrogen-bond donors (Lipinski definition) is 1. The lowest BCUT2D eigenvalue weighted by atomic mass is 9.98. The Kier molecular flexibility index (Phi) is 4.73. The normalized spacial score (nSPS) is 19.5. The molecule has 1 N–H and O–H groups in total. The molecule has 7 nitrogen and oxygen atoms in total. The van der Waals surface area contributed by atoms with E-state index in [1.54, 1.807) is 7.11 Å². The highest BCUT2D eigenvalue weighted by Gasteiger charge is 2.27. The Morgan fingerprint density at radius 3 is 3.21 bits per heavy atom. The van der Waals surface area contributed by atoms with Crippen molar-refractivity contribution in [3.63, 3.8) is 0 Å². The summed E-state index contributed by atoms with van der Waals surface area (Å²) in [6.07, 6.45) is 1.93. The number of nitrogens with zero attached hydrogens (tertiary/aromatic N) is 3. The average Bonchev–Trinajstić information content (AvgIpc) is 2.88. The van der Waals surface area contributed by atoms with Crippen LogP contribution in [0.15, 0.2) is 4.52 Å². The Hall–Kier alpha value is -1.63. The van der Waals surface area contributed by atoms with Crippen molar-refractivity contribution < 1.29 is 14.1 Å². The van der Waals surface area contributed by atoms with Crippen molar-refractivity contribution in [2.45, 2.75) is 32.3 Å². The molecule has 0 saturated carbocycles. The van der Waals surface area contributed by atoms with Gasteiger partial charge >= 0.3 is 6.03 Å². The minimum atomic E-state index is -0.0205. The van der Waals surface area contributed by atoms with Gasteiger partial charge in [-0.2, -0.15) is 4.98 Å². The van der Waals surface area contributed by atoms with Gasteiger partial charge in [0, 0.05) is 32.7 Å². The summed E-state index contributed by atoms with van der Waals surface area (Å²) in [5, 5.41) is 6.79. The van der Waals surface area contributed by atoms with E-state index in [0.29, 0.717) is 31.4 Å². The molecule has 0 bridgehead atoms. The van der Waals surface area contributed by atoms with E-state index in [9.17, 15) is 4.79 Å². The van der Waals surface area contributed by atoms with Gasteiger partial charge in [-0.05, 0) is 19.8 Å². The molecule has 1 unspecified atom stereocenters. The second-order valence-corrected chi connectivity index (χ2v) is 4.60. The van der Waals surface area contributed by atoms with Crippen molar-refractivity contribution >= 4 is 6.03 Å². The molecule has 2 heterocycles. The molecule has 1 saturated heterocycles. The molecule has 0 spiro atoms. The smallest absolute Gasteiger partial charge is 0.317 e. The van der Waals surface area contributed by atoms with E-state index >= 15 is 0 Å². The summed E-state index contributed by atoms with van der Waals surface area (Å²) in [5.41, 5.74) is 0. The largest absolute Gasteiger partial charge is 0.375 e. The molecule has 0 aliphatic carbocycles. The molecule has 2 rings (SSSR count). The molecular weight excluding hydrogens is 248 g/mol. The number of nitrogens with one attached hydrogen (secondary N) is 1. The predicted molar refractivity (Wildman–Crippen MR) is 67.6 cm³/mol. The number of piperidine rings is 1. The molecule has 1 fully saturated rings. The van der Waals surface area contributed by atoms with Crippen LogP contribution < -0.4 is 5.32 Å². The summed E-state index contributed by atoms with van der Waals surface area (Å²) in [5.74, 6) is 1.29. The fraction of sp³-hybridized carbons (Fsp3) is 0.750. The lowest BCUT2D eigenvalue weighted by Crippen LogP contribution is -2.45. The third kappa shape index (κ3) is 3.44. The summed E-state index contributed by atoms with van der Waals surface area (Å²) < 4.78 is 10.0. The molecule has 106 valence electrons. The minimum absolute atomic E-state index is 0.0205. The quantitative estimate of drug-likeness (QED) is 0.885. The number of hydrogen-bond acceptors (Lipinski definition) is 5. The second kappa shape index (κ2) is 6.51. The van der Waals surface area contributed by atoms with Crippen LogP contribution in [0.4, 0.5) is 4.79 Å². The molecule has 0 aromatic carbocycles. The number of aromatic nitrogens is 2. The number of carbonyl (C=O) groups excluding carboxylic acids is 1. The highest BCUT2D eigenvalue weighted by molar-refractivity contribution is 5.74. The van der Waals surface area contributed by atoms with Gasteiger partial charge in [0.25, 0.3) is 5.89 Å². The van der Waals surface area contributed by atoms with Gasteiger partial charge < -0.3 is 19.5 Å². The Labute approximate surface area is 112 Å². The van der Waals surface area contributed by atoms with Crippen LogP contribution in [0.2, 0.25) is 0 Å². The van der Waals surface area contributed by atoms with Crippen LogP contribution in [0.1, 0.15) is 37.4 Å². The third-order valence-electron chi connectivity index (χ3n) is 3.15. The van der Waals surface area contributed by atoms with Crippen molar-refractivity contribution in [2.24, 2.45) is 0 Å². The average molecular weight is 268 g/mol. The topological polar surface area (TPSA) is 80.5 Å². The Bertz CT molecular complexity index is 421. The molecule has 19 heavy (non-hydrogen) atoms. The fourth-order valence-corrected chi connectivity index (χ4v) is 2.25. The highest BCUT2D eigenvalue weighted by atomic mass is 16.5. The SMILES string of the molecule is CCNC(=O)N1CCCC(c2noc(COC)n2)C1. The zero-order valence-electron chi connectivity index (χ0n) is 11.4. The summed E-state index contributed by atoms with van der Waals surface area (Å²) in [6, 6.07) is -0.0205. The zero-order chi connectivity index (χ0) is 13.7. The van der Waals surface area contributed by atoms with Crippen LogP contribution in [-0.2, 0) is 11.3 Å². The fourth-order valence-electron chi connectivity index (χ4n) is 2.25. The summed E-state index contributed by atoms with van der Waals surface area (Å²) in [7, 11) is 1.58. The first-order chi connectivity index (χ1) is 9.24. The van der Waals surface area contributed by atoms with Crippen LogP contribution in [-0.4, -0.2) is 47.8 Å². The molecule has 1 aromatic heterocycles. The van der Waals surface area contributed by atoms with Crippen molar-refractivity contribution in [3.8, 4) is 0 Å². The van der Waals surface area contributed by atoms with Gasteiger partial charge in [-0.1, -0.05) is 5.16 Å². The number of rotatable bonds is 4. The Morgan fingerprint density at radius 1 is 1.63 bits per heavy atom. The molecule has 1 aliphatic rings. The number of carbonyl (C=O) groups is 1. The van der Waals surface area contributed by atoms with E-state index in [4.69, 9.17) is 9.26 Å². The second-order valence-electron chi connectivity index (χ2n) is 4.60. The maximum absolute atomic E-state index is 11.8. The van der Waals surface area contributed by atoms with E-state index in [1.165, 1.54) is 0 Å². The third-order valence-corrected chi connectivity index (χ3v) is 3.15. The van der Waals surface area contributed by atoms with E-state index in [-0.39, 0.29) is 11.9 Å². The van der Waals surface area contributed by atoms with Gasteiger partial charge in [0.05, 0.1) is 0 Å². The van der Waals surface area contributed by atoms with Gasteiger partial charge in [-0.3, -0.25) is 0 Å². The van der Waals surface area contributed by atoms with Gasteiger partial charge in [0.15, 0.2) is 5.82 Å². The van der Waals surface area contributed by atoms with E-state index < -0.39 is 0 Å². The molecular formula is C12H20N4O3. The first-order valence-corrected chi connectivity index (χ1v) is 6.58. The van der Waals surface area contributed by atoms with Gasteiger partial charge in [0.2, 0.25) is 0 Å². The first-order valence-electron chi connectivity index (χ1n) is 6.58. The van der Waals surface area contributed by atoms with E-state index in [1.807, 2.05) is 11.8 Å². The molecule has 1 atom stereocenters. The maximum atomic E-state index is 11.8. The van der Waals surface area contributed by atoms with Crippen LogP contribution in [0.3, 0.4) is 0 Å². The van der Waals surface area contributed by atoms with E-state index in [0.717, 1.165) is 19.4 Å². The van der Waals surface area contributed by atoms with E-state index in [2.05, 4.69) is 15.5 Å². The highest BCUT2D eigenvalue weighted by Crippen LogP contribution is 2.24. The zero-order valence-corrected chi connectivity index (χ0v) is 11.4. The van der Waals surface area contributed by atoms with Crippen molar-refractivity contribution in [1.82, 2.24) is 20.4 Å². The van der Waals surface area contributed by atoms with Crippen LogP contribution in [0.25, 0.3) is 0 Å². The summed E-state index contributed by atoms with van der Waals surface area (Å²) >= 11 is 0. The molecule has 2 amide bonds. The van der Waals surface area contributed by atoms with Crippen LogP contribution >= 0.6 is 0 Å². The van der Waals surface area contributed by atoms with Gasteiger partial charge in [0.1, 0.15) is 6.61 Å². The first kappa shape index (κ1) is 13.8. The summed E-state index contributed by atoms with van der Waals surface area (Å²) in [6.45, 7) is 4.29. The standard InChI is InChI=1S/C12H20N4O3/c1-3-13-12(17)16-6-4-5-9(7-16)11-14-10(8-18-2)19-15-11/h9H,3-8H2,1-2H3,(H,13,17). The number of urea groups is 1. The number of likely N-dealkylation sites (tertiary alicyclic amines) is 1. The van der Waals surface area contributed by atoms with Crippen molar-refractivity contribution in [1.29, 1.82) is 0 Å². The van der Waals surface area contributed by atoms with Gasteiger partial charge in [-0.15, -0.1) is 0 Å². The number of methoxy groups -OCH3 is 1. The van der Waals surface area contributed by atoms with Gasteiger partial charge in [-0.25, -0.2) is 4.79 Å². The van der Waals surface area contributed by atoms with Crippen molar-refractivity contribution in [3.05, 3.63) is 11.7 Å². The Morgan fingerprint density at radius 2 is 2.47 bits per heavy atom. The predicted octanol–water partition coefficient (Wildman–Crippen LogP) is 1.12. The maximum Gasteiger partial charge on any atom is 0.317 e. The number of ether oxygens (including phenoxy) is 1. The van der Waals surface area contributed by atoms with Crippen LogP contribution in [0.5, 0.6) is 0 Å². The van der Waals surface area contributed by atoms with Crippen LogP contribution in [0, 0.1) is 0 Å². The summed E-state index contributed by atoms with van der Waals surface area (Å²) in [4.78, 5) is 17.9. The van der Waals surface area contributed by atoms with Crippen molar-refractivity contribution in [2.75, 3.05) is 26.7 Å².